The Morgan fingerprint density at radius 2 is 1.54 bits per heavy atom. The van der Waals surface area contributed by atoms with E-state index >= 15 is 0 Å². The summed E-state index contributed by atoms with van der Waals surface area (Å²) in [6.45, 7) is 4.36. The van der Waals surface area contributed by atoms with Crippen molar-refractivity contribution >= 4 is 29.4 Å². The van der Waals surface area contributed by atoms with Crippen LogP contribution >= 0.6 is 7.60 Å². The Hall–Kier alpha value is -2.91. The first kappa shape index (κ1) is 22.5. The molecule has 0 saturated carbocycles. The SMILES string of the molecule is CCOP(=O)(OCC)c1cccc2c1N[C@H](c1ccc3ccccc3c1)[C@@H]1Cc3ccccc3[C@H]21. The molecule has 5 heteroatoms. The fourth-order valence-electron chi connectivity index (χ4n) is 6.05. The molecule has 1 N–H and O–H groups in total. The highest BCUT2D eigenvalue weighted by atomic mass is 31.2. The van der Waals surface area contributed by atoms with E-state index in [-0.39, 0.29) is 12.0 Å². The van der Waals surface area contributed by atoms with Gasteiger partial charge in [-0.2, -0.15) is 0 Å². The molecule has 0 fully saturated rings. The van der Waals surface area contributed by atoms with Crippen LogP contribution in [0.3, 0.4) is 0 Å². The molecule has 0 radical (unpaired) electrons. The largest absolute Gasteiger partial charge is 0.377 e. The van der Waals surface area contributed by atoms with Crippen molar-refractivity contribution in [2.24, 2.45) is 5.92 Å². The first-order valence-corrected chi connectivity index (χ1v) is 14.0. The highest BCUT2D eigenvalue weighted by Gasteiger charge is 2.45. The van der Waals surface area contributed by atoms with Crippen LogP contribution in [0, 0.1) is 5.92 Å². The number of hydrogen-bond acceptors (Lipinski definition) is 4. The maximum atomic E-state index is 14.0. The molecule has 1 heterocycles. The molecule has 0 saturated heterocycles. The molecule has 1 aliphatic heterocycles. The maximum absolute atomic E-state index is 14.0. The van der Waals surface area contributed by atoms with Crippen molar-refractivity contribution in [1.82, 2.24) is 0 Å². The van der Waals surface area contributed by atoms with Crippen LogP contribution in [0.1, 0.15) is 48.1 Å². The van der Waals surface area contributed by atoms with Crippen LogP contribution in [0.2, 0.25) is 0 Å². The van der Waals surface area contributed by atoms with Crippen LogP contribution in [-0.4, -0.2) is 13.2 Å². The van der Waals surface area contributed by atoms with E-state index in [2.05, 4.69) is 78.1 Å². The van der Waals surface area contributed by atoms with Gasteiger partial charge in [-0.05, 0) is 71.3 Å². The third-order valence-electron chi connectivity index (χ3n) is 7.44. The maximum Gasteiger partial charge on any atom is 0.363 e. The Labute approximate surface area is 206 Å². The van der Waals surface area contributed by atoms with Crippen molar-refractivity contribution in [3.05, 3.63) is 107 Å². The van der Waals surface area contributed by atoms with Crippen molar-refractivity contribution in [2.75, 3.05) is 18.5 Å². The summed E-state index contributed by atoms with van der Waals surface area (Å²) in [6, 6.07) is 30.1. The summed E-state index contributed by atoms with van der Waals surface area (Å²) in [6.07, 6.45) is 1.00. The third kappa shape index (κ3) is 3.72. The second-order valence-electron chi connectivity index (χ2n) is 9.35. The zero-order valence-corrected chi connectivity index (χ0v) is 21.0. The van der Waals surface area contributed by atoms with E-state index in [1.165, 1.54) is 33.0 Å². The van der Waals surface area contributed by atoms with Gasteiger partial charge in [0.2, 0.25) is 0 Å². The summed E-state index contributed by atoms with van der Waals surface area (Å²) in [5, 5.41) is 6.94. The van der Waals surface area contributed by atoms with Gasteiger partial charge in [0.05, 0.1) is 30.2 Å². The van der Waals surface area contributed by atoms with Crippen LogP contribution in [0.15, 0.2) is 84.9 Å². The molecule has 6 rings (SSSR count). The van der Waals surface area contributed by atoms with Gasteiger partial charge in [-0.25, -0.2) is 0 Å². The summed E-state index contributed by atoms with van der Waals surface area (Å²) in [7, 11) is -3.47. The molecule has 178 valence electrons. The van der Waals surface area contributed by atoms with E-state index in [0.29, 0.717) is 24.4 Å². The smallest absolute Gasteiger partial charge is 0.363 e. The molecule has 4 aromatic carbocycles. The highest BCUT2D eigenvalue weighted by molar-refractivity contribution is 7.62. The number of rotatable bonds is 6. The topological polar surface area (TPSA) is 47.6 Å². The van der Waals surface area contributed by atoms with E-state index in [1.807, 2.05) is 26.0 Å². The lowest BCUT2D eigenvalue weighted by molar-refractivity contribution is 0.230. The number of benzene rings is 4. The van der Waals surface area contributed by atoms with Gasteiger partial charge in [0, 0.05) is 5.92 Å². The molecule has 0 amide bonds. The normalized spacial score (nSPS) is 20.7. The minimum atomic E-state index is -3.47. The van der Waals surface area contributed by atoms with Gasteiger partial charge in [0.25, 0.3) is 0 Å². The number of hydrogen-bond donors (Lipinski definition) is 1. The molecule has 3 atom stereocenters. The second-order valence-corrected chi connectivity index (χ2v) is 11.3. The average Bonchev–Trinajstić information content (AvgIpc) is 3.28. The number of anilines is 1. The van der Waals surface area contributed by atoms with E-state index in [9.17, 15) is 4.57 Å². The summed E-state index contributed by atoms with van der Waals surface area (Å²) >= 11 is 0. The van der Waals surface area contributed by atoms with Gasteiger partial charge in [0.1, 0.15) is 0 Å². The lowest BCUT2D eigenvalue weighted by Crippen LogP contribution is -2.33. The quantitative estimate of drug-likeness (QED) is 0.295. The standard InChI is InChI=1S/C30H30NO3P/c1-3-33-35(32,34-4-2)27-15-9-14-25-28-24-13-8-7-12-22(24)19-26(28)29(31-30(25)27)23-17-16-20-10-5-6-11-21(20)18-23/h5-18,26,28-29,31H,3-4,19H2,1-2H3/t26-,28-,29-/m1/s1. The summed E-state index contributed by atoms with van der Waals surface area (Å²) in [5.74, 6) is 0.574. The van der Waals surface area contributed by atoms with Crippen molar-refractivity contribution in [2.45, 2.75) is 32.2 Å². The summed E-state index contributed by atoms with van der Waals surface area (Å²) in [5.41, 5.74) is 6.08. The fourth-order valence-corrected chi connectivity index (χ4v) is 7.82. The minimum absolute atomic E-state index is 0.0716. The predicted molar refractivity (Wildman–Crippen MR) is 143 cm³/mol. The van der Waals surface area contributed by atoms with Gasteiger partial charge >= 0.3 is 7.60 Å². The van der Waals surface area contributed by atoms with E-state index in [4.69, 9.17) is 9.05 Å². The highest BCUT2D eigenvalue weighted by Crippen LogP contribution is 2.57. The first-order valence-electron chi connectivity index (χ1n) is 12.5. The van der Waals surface area contributed by atoms with Gasteiger partial charge in [-0.15, -0.1) is 0 Å². The zero-order valence-electron chi connectivity index (χ0n) is 20.1. The van der Waals surface area contributed by atoms with Gasteiger partial charge in [0.15, 0.2) is 0 Å². The van der Waals surface area contributed by atoms with Crippen molar-refractivity contribution in [3.63, 3.8) is 0 Å². The zero-order chi connectivity index (χ0) is 24.0. The molecule has 0 aromatic heterocycles. The van der Waals surface area contributed by atoms with Crippen LogP contribution in [0.25, 0.3) is 10.8 Å². The molecule has 4 nitrogen and oxygen atoms in total. The number of fused-ring (bicyclic) bond motifs is 6. The van der Waals surface area contributed by atoms with Crippen LogP contribution < -0.4 is 10.6 Å². The predicted octanol–water partition coefficient (Wildman–Crippen LogP) is 7.20. The van der Waals surface area contributed by atoms with E-state index < -0.39 is 7.60 Å². The molecular weight excluding hydrogens is 453 g/mol. The third-order valence-corrected chi connectivity index (χ3v) is 9.60. The monoisotopic (exact) mass is 483 g/mol. The van der Waals surface area contributed by atoms with Crippen LogP contribution in [0.5, 0.6) is 0 Å². The molecule has 2 aliphatic rings. The number of para-hydroxylation sites is 1. The molecule has 0 spiro atoms. The lowest BCUT2D eigenvalue weighted by atomic mass is 9.75. The minimum Gasteiger partial charge on any atom is -0.377 e. The van der Waals surface area contributed by atoms with Crippen molar-refractivity contribution < 1.29 is 13.6 Å². The second kappa shape index (κ2) is 8.95. The number of nitrogens with one attached hydrogen (secondary N) is 1. The Balaban J connectivity index is 1.55. The summed E-state index contributed by atoms with van der Waals surface area (Å²) < 4.78 is 25.5. The van der Waals surface area contributed by atoms with Crippen LogP contribution in [0.4, 0.5) is 5.69 Å². The average molecular weight is 484 g/mol. The van der Waals surface area contributed by atoms with Crippen molar-refractivity contribution in [3.8, 4) is 0 Å². The summed E-state index contributed by atoms with van der Waals surface area (Å²) in [4.78, 5) is 0. The molecule has 35 heavy (non-hydrogen) atoms. The Bertz CT molecular complexity index is 1440. The van der Waals surface area contributed by atoms with Crippen molar-refractivity contribution in [1.29, 1.82) is 0 Å². The molecular formula is C30H30NO3P. The Morgan fingerprint density at radius 3 is 2.34 bits per heavy atom. The molecule has 0 bridgehead atoms. The Morgan fingerprint density at radius 1 is 0.829 bits per heavy atom. The van der Waals surface area contributed by atoms with E-state index in [0.717, 1.165) is 12.1 Å². The first-order chi connectivity index (χ1) is 17.1. The van der Waals surface area contributed by atoms with Gasteiger partial charge in [-0.3, -0.25) is 4.57 Å². The molecule has 4 aromatic rings. The fraction of sp³-hybridized carbons (Fsp3) is 0.267. The van der Waals surface area contributed by atoms with E-state index in [1.54, 1.807) is 0 Å². The lowest BCUT2D eigenvalue weighted by Gasteiger charge is -2.39. The van der Waals surface area contributed by atoms with Crippen LogP contribution in [-0.2, 0) is 20.0 Å². The molecule has 0 unspecified atom stereocenters. The van der Waals surface area contributed by atoms with Gasteiger partial charge in [-0.1, -0.05) is 72.8 Å². The molecule has 1 aliphatic carbocycles. The van der Waals surface area contributed by atoms with Gasteiger partial charge < -0.3 is 14.4 Å². The Kier molecular flexibility index (Phi) is 5.76.